The van der Waals surface area contributed by atoms with Gasteiger partial charge in [0.25, 0.3) is 5.91 Å². The zero-order valence-electron chi connectivity index (χ0n) is 11.8. The highest BCUT2D eigenvalue weighted by Crippen LogP contribution is 2.24. The third-order valence-electron chi connectivity index (χ3n) is 3.45. The monoisotopic (exact) mass is 306 g/mol. The van der Waals surface area contributed by atoms with Crippen molar-refractivity contribution in [3.63, 3.8) is 0 Å². The van der Waals surface area contributed by atoms with E-state index < -0.39 is 11.7 Å². The van der Waals surface area contributed by atoms with Gasteiger partial charge < -0.3 is 10.6 Å². The van der Waals surface area contributed by atoms with Crippen molar-refractivity contribution < 1.29 is 9.18 Å². The average molecular weight is 307 g/mol. The number of hydrogen-bond acceptors (Lipinski definition) is 2. The number of anilines is 1. The van der Waals surface area contributed by atoms with Crippen LogP contribution in [0, 0.1) is 5.82 Å². The molecule has 0 fully saturated rings. The molecule has 0 saturated carbocycles. The summed E-state index contributed by atoms with van der Waals surface area (Å²) in [5.41, 5.74) is 6.81. The van der Waals surface area contributed by atoms with Crippen LogP contribution in [0.4, 0.5) is 10.1 Å². The number of benzene rings is 2. The quantitative estimate of drug-likeness (QED) is 0.874. The van der Waals surface area contributed by atoms with Gasteiger partial charge in [0.15, 0.2) is 0 Å². The van der Waals surface area contributed by atoms with Gasteiger partial charge in [-0.2, -0.15) is 0 Å². The Morgan fingerprint density at radius 2 is 2.00 bits per heavy atom. The SMILES string of the molecule is CC(c1cccc(Cl)c1)N(C)C(=O)c1cc(N)ccc1F. The summed E-state index contributed by atoms with van der Waals surface area (Å²) < 4.78 is 13.8. The summed E-state index contributed by atoms with van der Waals surface area (Å²) in [5.74, 6) is -1.01. The molecular formula is C16H16ClFN2O. The largest absolute Gasteiger partial charge is 0.399 e. The van der Waals surface area contributed by atoms with E-state index in [9.17, 15) is 9.18 Å². The van der Waals surface area contributed by atoms with Crippen molar-refractivity contribution in [3.8, 4) is 0 Å². The minimum absolute atomic E-state index is 0.0358. The highest BCUT2D eigenvalue weighted by molar-refractivity contribution is 6.30. The van der Waals surface area contributed by atoms with Gasteiger partial charge in [0.2, 0.25) is 0 Å². The molecule has 3 nitrogen and oxygen atoms in total. The second kappa shape index (κ2) is 6.14. The lowest BCUT2D eigenvalue weighted by atomic mass is 10.1. The third kappa shape index (κ3) is 3.34. The number of halogens is 2. The molecule has 0 aromatic heterocycles. The Morgan fingerprint density at radius 3 is 2.67 bits per heavy atom. The Morgan fingerprint density at radius 1 is 1.29 bits per heavy atom. The van der Waals surface area contributed by atoms with E-state index in [-0.39, 0.29) is 11.6 Å². The zero-order valence-corrected chi connectivity index (χ0v) is 12.6. The maximum absolute atomic E-state index is 13.8. The predicted octanol–water partition coefficient (Wildman–Crippen LogP) is 3.89. The molecule has 2 N–H and O–H groups in total. The lowest BCUT2D eigenvalue weighted by Gasteiger charge is -2.26. The van der Waals surface area contributed by atoms with E-state index in [1.54, 1.807) is 19.2 Å². The first-order chi connectivity index (χ1) is 9.90. The topological polar surface area (TPSA) is 46.3 Å². The van der Waals surface area contributed by atoms with Crippen molar-refractivity contribution in [1.29, 1.82) is 0 Å². The highest BCUT2D eigenvalue weighted by atomic mass is 35.5. The van der Waals surface area contributed by atoms with Gasteiger partial charge in [-0.05, 0) is 42.8 Å². The lowest BCUT2D eigenvalue weighted by Crippen LogP contribution is -2.30. The van der Waals surface area contributed by atoms with E-state index in [1.165, 1.54) is 23.1 Å². The molecule has 1 unspecified atom stereocenters. The number of amides is 1. The van der Waals surface area contributed by atoms with Gasteiger partial charge in [-0.1, -0.05) is 23.7 Å². The Bertz CT molecular complexity index is 675. The van der Waals surface area contributed by atoms with Gasteiger partial charge >= 0.3 is 0 Å². The van der Waals surface area contributed by atoms with Crippen LogP contribution in [0.3, 0.4) is 0 Å². The van der Waals surface area contributed by atoms with Crippen LogP contribution in [-0.4, -0.2) is 17.9 Å². The van der Waals surface area contributed by atoms with Crippen molar-refractivity contribution in [1.82, 2.24) is 4.90 Å². The number of nitrogen functional groups attached to an aromatic ring is 1. The molecule has 0 aliphatic heterocycles. The van der Waals surface area contributed by atoms with Crippen LogP contribution in [0.5, 0.6) is 0 Å². The van der Waals surface area contributed by atoms with Gasteiger partial charge in [0, 0.05) is 17.8 Å². The van der Waals surface area contributed by atoms with Gasteiger partial charge in [0.1, 0.15) is 5.82 Å². The van der Waals surface area contributed by atoms with Crippen molar-refractivity contribution in [2.75, 3.05) is 12.8 Å². The standard InChI is InChI=1S/C16H16ClFN2O/c1-10(11-4-3-5-12(17)8-11)20(2)16(21)14-9-13(19)6-7-15(14)18/h3-10H,19H2,1-2H3. The number of nitrogens with zero attached hydrogens (tertiary/aromatic N) is 1. The molecule has 0 bridgehead atoms. The highest BCUT2D eigenvalue weighted by Gasteiger charge is 2.21. The fourth-order valence-electron chi connectivity index (χ4n) is 2.06. The van der Waals surface area contributed by atoms with E-state index in [2.05, 4.69) is 0 Å². The predicted molar refractivity (Wildman–Crippen MR) is 82.8 cm³/mol. The fourth-order valence-corrected chi connectivity index (χ4v) is 2.26. The number of rotatable bonds is 3. The van der Waals surface area contributed by atoms with Crippen molar-refractivity contribution in [3.05, 3.63) is 64.4 Å². The van der Waals surface area contributed by atoms with Crippen LogP contribution in [0.15, 0.2) is 42.5 Å². The van der Waals surface area contributed by atoms with Crippen LogP contribution >= 0.6 is 11.6 Å². The lowest BCUT2D eigenvalue weighted by molar-refractivity contribution is 0.0738. The van der Waals surface area contributed by atoms with E-state index in [1.807, 2.05) is 19.1 Å². The van der Waals surface area contributed by atoms with E-state index in [0.717, 1.165) is 5.56 Å². The maximum atomic E-state index is 13.8. The summed E-state index contributed by atoms with van der Waals surface area (Å²) in [4.78, 5) is 13.9. The van der Waals surface area contributed by atoms with Gasteiger partial charge in [-0.3, -0.25) is 4.79 Å². The van der Waals surface area contributed by atoms with Gasteiger partial charge in [-0.15, -0.1) is 0 Å². The van der Waals surface area contributed by atoms with E-state index >= 15 is 0 Å². The third-order valence-corrected chi connectivity index (χ3v) is 3.69. The molecule has 5 heteroatoms. The van der Waals surface area contributed by atoms with Gasteiger partial charge in [0.05, 0.1) is 11.6 Å². The Kier molecular flexibility index (Phi) is 4.48. The van der Waals surface area contributed by atoms with E-state index in [0.29, 0.717) is 10.7 Å². The van der Waals surface area contributed by atoms with Crippen LogP contribution in [-0.2, 0) is 0 Å². The van der Waals surface area contributed by atoms with Gasteiger partial charge in [-0.25, -0.2) is 4.39 Å². The van der Waals surface area contributed by atoms with Crippen LogP contribution in [0.2, 0.25) is 5.02 Å². The minimum Gasteiger partial charge on any atom is -0.399 e. The first kappa shape index (κ1) is 15.3. The Balaban J connectivity index is 2.28. The molecule has 0 spiro atoms. The first-order valence-corrected chi connectivity index (χ1v) is 6.85. The van der Waals surface area contributed by atoms with Crippen LogP contribution in [0.1, 0.15) is 28.9 Å². The molecule has 2 aromatic rings. The van der Waals surface area contributed by atoms with Crippen LogP contribution < -0.4 is 5.73 Å². The molecule has 0 aliphatic rings. The molecule has 110 valence electrons. The molecule has 0 saturated heterocycles. The van der Waals surface area contributed by atoms with E-state index in [4.69, 9.17) is 17.3 Å². The summed E-state index contributed by atoms with van der Waals surface area (Å²) >= 11 is 5.96. The zero-order chi connectivity index (χ0) is 15.6. The molecular weight excluding hydrogens is 291 g/mol. The molecule has 0 heterocycles. The summed E-state index contributed by atoms with van der Waals surface area (Å²) in [6.07, 6.45) is 0. The van der Waals surface area contributed by atoms with Crippen LogP contribution in [0.25, 0.3) is 0 Å². The molecule has 21 heavy (non-hydrogen) atoms. The summed E-state index contributed by atoms with van der Waals surface area (Å²) in [7, 11) is 1.62. The second-order valence-electron chi connectivity index (χ2n) is 4.89. The average Bonchev–Trinajstić information content (AvgIpc) is 2.47. The van der Waals surface area contributed by atoms with Crippen molar-refractivity contribution in [2.24, 2.45) is 0 Å². The summed E-state index contributed by atoms with van der Waals surface area (Å²) in [5, 5.41) is 0.593. The minimum atomic E-state index is -0.584. The normalized spacial score (nSPS) is 12.0. The second-order valence-corrected chi connectivity index (χ2v) is 5.32. The molecule has 1 atom stereocenters. The number of carbonyl (C=O) groups is 1. The number of carbonyl (C=O) groups excluding carboxylic acids is 1. The van der Waals surface area contributed by atoms with Crippen molar-refractivity contribution >= 4 is 23.2 Å². The Labute approximate surface area is 128 Å². The molecule has 0 radical (unpaired) electrons. The van der Waals surface area contributed by atoms with Crippen molar-refractivity contribution in [2.45, 2.75) is 13.0 Å². The fraction of sp³-hybridized carbons (Fsp3) is 0.188. The summed E-state index contributed by atoms with van der Waals surface area (Å²) in [6.45, 7) is 1.85. The number of hydrogen-bond donors (Lipinski definition) is 1. The first-order valence-electron chi connectivity index (χ1n) is 6.48. The Hall–Kier alpha value is -2.07. The maximum Gasteiger partial charge on any atom is 0.257 e. The molecule has 2 rings (SSSR count). The molecule has 1 amide bonds. The smallest absolute Gasteiger partial charge is 0.257 e. The molecule has 0 aliphatic carbocycles. The molecule has 2 aromatic carbocycles. The summed E-state index contributed by atoms with van der Waals surface area (Å²) in [6, 6.07) is 11.0. The number of nitrogens with two attached hydrogens (primary N) is 1.